The van der Waals surface area contributed by atoms with Gasteiger partial charge in [0.1, 0.15) is 6.34 Å². The molecule has 0 aliphatic rings. The van der Waals surface area contributed by atoms with Gasteiger partial charge in [-0.3, -0.25) is 10.7 Å². The van der Waals surface area contributed by atoms with Gasteiger partial charge in [0, 0.05) is 6.20 Å². The molecule has 0 radical (unpaired) electrons. The molecule has 0 atom stereocenters. The van der Waals surface area contributed by atoms with Gasteiger partial charge in [-0.1, -0.05) is 13.3 Å². The molecular weight excluding hydrogens is 236 g/mol. The summed E-state index contributed by atoms with van der Waals surface area (Å²) in [6, 6.07) is 0. The molecule has 1 aromatic heterocycles. The van der Waals surface area contributed by atoms with Crippen molar-refractivity contribution in [3.63, 3.8) is 0 Å². The van der Waals surface area contributed by atoms with E-state index in [0.29, 0.717) is 24.3 Å². The van der Waals surface area contributed by atoms with Crippen LogP contribution in [0, 0.1) is 0 Å². The summed E-state index contributed by atoms with van der Waals surface area (Å²) in [4.78, 5) is 23.5. The molecule has 98 valence electrons. The first-order valence-electron chi connectivity index (χ1n) is 5.68. The van der Waals surface area contributed by atoms with E-state index < -0.39 is 5.97 Å². The van der Waals surface area contributed by atoms with Gasteiger partial charge in [-0.15, -0.1) is 0 Å². The monoisotopic (exact) mass is 252 g/mol. The second-order valence-electron chi connectivity index (χ2n) is 3.39. The maximum Gasteiger partial charge on any atom is 0.341 e. The van der Waals surface area contributed by atoms with Crippen LogP contribution in [-0.2, 0) is 11.2 Å². The van der Waals surface area contributed by atoms with Gasteiger partial charge in [0.2, 0.25) is 0 Å². The van der Waals surface area contributed by atoms with Gasteiger partial charge < -0.3 is 4.74 Å². The van der Waals surface area contributed by atoms with Crippen LogP contribution in [0.3, 0.4) is 0 Å². The van der Waals surface area contributed by atoms with Gasteiger partial charge in [0.15, 0.2) is 0 Å². The Kier molecular flexibility index (Phi) is 5.72. The summed E-state index contributed by atoms with van der Waals surface area (Å²) in [6.45, 7) is 4.03. The van der Waals surface area contributed by atoms with Crippen LogP contribution in [0.1, 0.15) is 36.3 Å². The molecule has 7 nitrogen and oxygen atoms in total. The van der Waals surface area contributed by atoms with E-state index >= 15 is 0 Å². The minimum Gasteiger partial charge on any atom is -0.462 e. The first-order valence-corrected chi connectivity index (χ1v) is 5.68. The van der Waals surface area contributed by atoms with Crippen molar-refractivity contribution < 1.29 is 14.7 Å². The van der Waals surface area contributed by atoms with Gasteiger partial charge >= 0.3 is 5.97 Å². The second-order valence-corrected chi connectivity index (χ2v) is 3.39. The minimum atomic E-state index is -0.434. The standard InChI is InChI=1S/C11H16N4O3/c1-3-5-9-8(10(16)18-4-2)6-12-11(15-9)13-7-14-17/h6-7,17H,3-5H2,1-2H3,(H,12,13,14,15). The maximum atomic E-state index is 11.7. The Hall–Kier alpha value is -2.02. The highest BCUT2D eigenvalue weighted by Gasteiger charge is 2.14. The summed E-state index contributed by atoms with van der Waals surface area (Å²) >= 11 is 0. The minimum absolute atomic E-state index is 0.174. The summed E-state index contributed by atoms with van der Waals surface area (Å²) < 4.78 is 4.93. The largest absolute Gasteiger partial charge is 0.462 e. The van der Waals surface area contributed by atoms with Crippen LogP contribution in [0.15, 0.2) is 11.2 Å². The van der Waals surface area contributed by atoms with Crippen molar-refractivity contribution in [2.45, 2.75) is 26.7 Å². The Labute approximate surface area is 105 Å². The first kappa shape index (κ1) is 14.0. The van der Waals surface area contributed by atoms with Crippen LogP contribution >= 0.6 is 0 Å². The molecule has 0 amide bonds. The molecule has 1 rings (SSSR count). The smallest absolute Gasteiger partial charge is 0.341 e. The lowest BCUT2D eigenvalue weighted by Crippen LogP contribution is -2.11. The number of esters is 1. The van der Waals surface area contributed by atoms with E-state index in [4.69, 9.17) is 9.94 Å². The summed E-state index contributed by atoms with van der Waals surface area (Å²) in [7, 11) is 0. The van der Waals surface area contributed by atoms with E-state index in [1.54, 1.807) is 12.4 Å². The zero-order valence-corrected chi connectivity index (χ0v) is 10.4. The molecule has 7 heteroatoms. The molecule has 18 heavy (non-hydrogen) atoms. The first-order chi connectivity index (χ1) is 8.72. The number of ether oxygens (including phenoxy) is 1. The average molecular weight is 252 g/mol. The Morgan fingerprint density at radius 3 is 3.00 bits per heavy atom. The number of aryl methyl sites for hydroxylation is 1. The summed E-state index contributed by atoms with van der Waals surface area (Å²) in [5.74, 6) is -0.259. The van der Waals surface area contributed by atoms with E-state index in [1.807, 2.05) is 6.92 Å². The summed E-state index contributed by atoms with van der Waals surface area (Å²) in [5, 5.41) is 8.38. The zero-order valence-electron chi connectivity index (χ0n) is 10.4. The molecule has 0 aromatic carbocycles. The van der Waals surface area contributed by atoms with Gasteiger partial charge in [-0.25, -0.2) is 14.8 Å². The number of hydroxylamine groups is 1. The Morgan fingerprint density at radius 1 is 1.61 bits per heavy atom. The Bertz CT molecular complexity index is 434. The van der Waals surface area contributed by atoms with Crippen molar-refractivity contribution in [1.82, 2.24) is 15.4 Å². The van der Waals surface area contributed by atoms with Crippen molar-refractivity contribution in [3.05, 3.63) is 17.5 Å². The third-order valence-corrected chi connectivity index (χ3v) is 2.07. The number of nitrogens with one attached hydrogen (secondary N) is 1. The molecule has 1 heterocycles. The van der Waals surface area contributed by atoms with Crippen LogP contribution in [0.25, 0.3) is 0 Å². The van der Waals surface area contributed by atoms with E-state index in [-0.39, 0.29) is 5.95 Å². The van der Waals surface area contributed by atoms with Crippen molar-refractivity contribution in [1.29, 1.82) is 0 Å². The number of rotatable bonds is 6. The van der Waals surface area contributed by atoms with Crippen LogP contribution < -0.4 is 5.48 Å². The van der Waals surface area contributed by atoms with Crippen molar-refractivity contribution in [3.8, 4) is 0 Å². The van der Waals surface area contributed by atoms with Crippen LogP contribution in [0.4, 0.5) is 5.95 Å². The number of carbonyl (C=O) groups is 1. The fraction of sp³-hybridized carbons (Fsp3) is 0.455. The third kappa shape index (κ3) is 3.77. The van der Waals surface area contributed by atoms with E-state index in [0.717, 1.165) is 12.8 Å². The molecule has 0 unspecified atom stereocenters. The highest BCUT2D eigenvalue weighted by atomic mass is 16.5. The normalized spacial score (nSPS) is 10.6. The maximum absolute atomic E-state index is 11.7. The molecule has 1 aromatic rings. The van der Waals surface area contributed by atoms with E-state index in [2.05, 4.69) is 15.0 Å². The van der Waals surface area contributed by atoms with Gasteiger partial charge in [-0.2, -0.15) is 4.99 Å². The molecule has 0 bridgehead atoms. The molecule has 0 saturated carbocycles. The molecule has 0 fully saturated rings. The van der Waals surface area contributed by atoms with Crippen molar-refractivity contribution in [2.75, 3.05) is 6.61 Å². The lowest BCUT2D eigenvalue weighted by atomic mass is 10.1. The summed E-state index contributed by atoms with van der Waals surface area (Å²) in [5.41, 5.74) is 2.71. The van der Waals surface area contributed by atoms with E-state index in [9.17, 15) is 4.79 Å². The highest BCUT2D eigenvalue weighted by Crippen LogP contribution is 2.13. The Balaban J connectivity index is 3.03. The highest BCUT2D eigenvalue weighted by molar-refractivity contribution is 5.90. The van der Waals surface area contributed by atoms with Gasteiger partial charge in [0.25, 0.3) is 5.95 Å². The lowest BCUT2D eigenvalue weighted by molar-refractivity contribution is 0.0524. The number of nitrogens with zero attached hydrogens (tertiary/aromatic N) is 3. The predicted octanol–water partition coefficient (Wildman–Crippen LogP) is 1.24. The number of hydrogen-bond donors (Lipinski definition) is 2. The molecule has 0 saturated heterocycles. The fourth-order valence-corrected chi connectivity index (χ4v) is 1.36. The van der Waals surface area contributed by atoms with Crippen molar-refractivity contribution in [2.24, 2.45) is 4.99 Å². The third-order valence-electron chi connectivity index (χ3n) is 2.07. The number of aromatic nitrogens is 2. The fourth-order valence-electron chi connectivity index (χ4n) is 1.36. The van der Waals surface area contributed by atoms with Crippen LogP contribution in [0.5, 0.6) is 0 Å². The molecule has 0 aliphatic carbocycles. The summed E-state index contributed by atoms with van der Waals surface area (Å²) in [6.07, 6.45) is 3.91. The van der Waals surface area contributed by atoms with Crippen molar-refractivity contribution >= 4 is 18.3 Å². The quantitative estimate of drug-likeness (QED) is 0.342. The predicted molar refractivity (Wildman–Crippen MR) is 65.1 cm³/mol. The SMILES string of the molecule is CCCc1nc(/N=C/NO)ncc1C(=O)OCC. The topological polar surface area (TPSA) is 96.7 Å². The zero-order chi connectivity index (χ0) is 13.4. The molecular formula is C11H16N4O3. The van der Waals surface area contributed by atoms with Gasteiger partial charge in [0.05, 0.1) is 17.9 Å². The number of aliphatic imine (C=N–C) groups is 1. The van der Waals surface area contributed by atoms with Crippen LogP contribution in [-0.4, -0.2) is 34.1 Å². The van der Waals surface area contributed by atoms with E-state index in [1.165, 1.54) is 6.20 Å². The molecule has 0 spiro atoms. The number of hydrogen-bond acceptors (Lipinski definition) is 6. The average Bonchev–Trinajstić information content (AvgIpc) is 2.37. The molecule has 0 aliphatic heterocycles. The van der Waals surface area contributed by atoms with Crippen LogP contribution in [0.2, 0.25) is 0 Å². The number of carbonyl (C=O) groups excluding carboxylic acids is 1. The molecule has 2 N–H and O–H groups in total. The second kappa shape index (κ2) is 7.33. The lowest BCUT2D eigenvalue weighted by Gasteiger charge is -2.07. The Morgan fingerprint density at radius 2 is 2.39 bits per heavy atom. The van der Waals surface area contributed by atoms with Gasteiger partial charge in [-0.05, 0) is 13.3 Å².